The van der Waals surface area contributed by atoms with Crippen molar-refractivity contribution < 1.29 is 10.2 Å². The third kappa shape index (κ3) is 3.10. The van der Waals surface area contributed by atoms with Crippen LogP contribution in [-0.4, -0.2) is 47.5 Å². The predicted molar refractivity (Wildman–Crippen MR) is 72.6 cm³/mol. The van der Waals surface area contributed by atoms with Gasteiger partial charge in [0.1, 0.15) is 0 Å². The predicted octanol–water partition coefficient (Wildman–Crippen LogP) is 1.39. The van der Waals surface area contributed by atoms with Gasteiger partial charge in [0.25, 0.3) is 0 Å². The summed E-state index contributed by atoms with van der Waals surface area (Å²) in [4.78, 5) is 2.26. The molecule has 100 valence electrons. The highest BCUT2D eigenvalue weighted by molar-refractivity contribution is 5.25. The fraction of sp³-hybridized carbons (Fsp3) is 0.600. The molecule has 0 amide bonds. The zero-order valence-electron chi connectivity index (χ0n) is 11.0. The van der Waals surface area contributed by atoms with Crippen molar-refractivity contribution in [2.45, 2.75) is 31.3 Å². The average molecular weight is 249 g/mol. The van der Waals surface area contributed by atoms with Crippen molar-refractivity contribution in [3.8, 4) is 0 Å². The van der Waals surface area contributed by atoms with Crippen molar-refractivity contribution in [2.75, 3.05) is 26.2 Å². The van der Waals surface area contributed by atoms with Crippen LogP contribution in [-0.2, 0) is 5.41 Å². The summed E-state index contributed by atoms with van der Waals surface area (Å²) in [7, 11) is 0. The summed E-state index contributed by atoms with van der Waals surface area (Å²) >= 11 is 0. The first-order valence-electron chi connectivity index (χ1n) is 6.71. The van der Waals surface area contributed by atoms with E-state index >= 15 is 0 Å². The lowest BCUT2D eigenvalue weighted by Crippen LogP contribution is -2.47. The van der Waals surface area contributed by atoms with Crippen molar-refractivity contribution in [3.05, 3.63) is 35.9 Å². The lowest BCUT2D eigenvalue weighted by molar-refractivity contribution is 0.0494. The Kier molecular flexibility index (Phi) is 4.38. The molecule has 0 bridgehead atoms. The molecule has 0 aliphatic carbocycles. The Labute approximate surface area is 109 Å². The molecule has 1 heterocycles. The van der Waals surface area contributed by atoms with E-state index in [1.165, 1.54) is 0 Å². The van der Waals surface area contributed by atoms with Crippen LogP contribution in [0.15, 0.2) is 30.3 Å². The van der Waals surface area contributed by atoms with E-state index in [0.717, 1.165) is 38.0 Å². The van der Waals surface area contributed by atoms with Gasteiger partial charge in [-0.05, 0) is 24.9 Å². The van der Waals surface area contributed by atoms with Crippen LogP contribution in [0.2, 0.25) is 0 Å². The molecule has 2 rings (SSSR count). The molecule has 18 heavy (non-hydrogen) atoms. The lowest BCUT2D eigenvalue weighted by atomic mass is 9.82. The minimum Gasteiger partial charge on any atom is -0.395 e. The summed E-state index contributed by atoms with van der Waals surface area (Å²) in [6.07, 6.45) is 1.73. The molecule has 2 N–H and O–H groups in total. The van der Waals surface area contributed by atoms with E-state index in [-0.39, 0.29) is 18.1 Å². The van der Waals surface area contributed by atoms with Crippen LogP contribution in [0.1, 0.15) is 25.3 Å². The number of piperidine rings is 1. The molecule has 1 fully saturated rings. The van der Waals surface area contributed by atoms with Crippen LogP contribution >= 0.6 is 0 Å². The number of rotatable bonds is 4. The Hall–Kier alpha value is -0.900. The number of benzene rings is 1. The molecule has 2 atom stereocenters. The lowest BCUT2D eigenvalue weighted by Gasteiger charge is -2.38. The molecule has 1 aromatic rings. The SMILES string of the molecule is CC(CO)(CN1CCCC(O)C1)c1ccccc1. The van der Waals surface area contributed by atoms with Crippen molar-refractivity contribution in [3.63, 3.8) is 0 Å². The fourth-order valence-electron chi connectivity index (χ4n) is 2.74. The van der Waals surface area contributed by atoms with Crippen LogP contribution in [0.25, 0.3) is 0 Å². The van der Waals surface area contributed by atoms with Gasteiger partial charge >= 0.3 is 0 Å². The zero-order chi connectivity index (χ0) is 13.0. The zero-order valence-corrected chi connectivity index (χ0v) is 11.0. The number of aliphatic hydroxyl groups is 2. The Bertz CT molecular complexity index is 368. The van der Waals surface area contributed by atoms with Gasteiger partial charge in [-0.1, -0.05) is 37.3 Å². The third-order valence-electron chi connectivity index (χ3n) is 3.87. The average Bonchev–Trinajstić information content (AvgIpc) is 2.39. The van der Waals surface area contributed by atoms with Crippen molar-refractivity contribution in [2.24, 2.45) is 0 Å². The van der Waals surface area contributed by atoms with E-state index in [1.807, 2.05) is 18.2 Å². The summed E-state index contributed by atoms with van der Waals surface area (Å²) in [5, 5.41) is 19.5. The Morgan fingerprint density at radius 1 is 1.33 bits per heavy atom. The van der Waals surface area contributed by atoms with Gasteiger partial charge in [-0.3, -0.25) is 4.90 Å². The van der Waals surface area contributed by atoms with Gasteiger partial charge in [0.15, 0.2) is 0 Å². The van der Waals surface area contributed by atoms with Crippen molar-refractivity contribution in [1.82, 2.24) is 4.90 Å². The van der Waals surface area contributed by atoms with Crippen molar-refractivity contribution in [1.29, 1.82) is 0 Å². The van der Waals surface area contributed by atoms with Gasteiger partial charge in [-0.25, -0.2) is 0 Å². The second kappa shape index (κ2) is 5.83. The first kappa shape index (κ1) is 13.5. The summed E-state index contributed by atoms with van der Waals surface area (Å²) in [6, 6.07) is 10.1. The summed E-state index contributed by atoms with van der Waals surface area (Å²) in [5.74, 6) is 0. The van der Waals surface area contributed by atoms with Gasteiger partial charge in [0, 0.05) is 18.5 Å². The monoisotopic (exact) mass is 249 g/mol. The highest BCUT2D eigenvalue weighted by Gasteiger charge is 2.30. The molecule has 0 saturated carbocycles. The highest BCUT2D eigenvalue weighted by atomic mass is 16.3. The van der Waals surface area contributed by atoms with Gasteiger partial charge in [-0.15, -0.1) is 0 Å². The van der Waals surface area contributed by atoms with Crippen LogP contribution in [0, 0.1) is 0 Å². The first-order valence-corrected chi connectivity index (χ1v) is 6.71. The van der Waals surface area contributed by atoms with Crippen LogP contribution in [0.5, 0.6) is 0 Å². The molecular formula is C15H23NO2. The second-order valence-electron chi connectivity index (χ2n) is 5.62. The van der Waals surface area contributed by atoms with E-state index in [9.17, 15) is 10.2 Å². The number of aliphatic hydroxyl groups excluding tert-OH is 2. The number of hydrogen-bond acceptors (Lipinski definition) is 3. The maximum atomic E-state index is 9.75. The molecule has 2 unspecified atom stereocenters. The highest BCUT2D eigenvalue weighted by Crippen LogP contribution is 2.25. The Morgan fingerprint density at radius 3 is 2.67 bits per heavy atom. The normalized spacial score (nSPS) is 24.7. The molecule has 3 nitrogen and oxygen atoms in total. The molecule has 0 spiro atoms. The third-order valence-corrected chi connectivity index (χ3v) is 3.87. The van der Waals surface area contributed by atoms with Crippen LogP contribution < -0.4 is 0 Å². The second-order valence-corrected chi connectivity index (χ2v) is 5.62. The first-order chi connectivity index (χ1) is 8.64. The largest absolute Gasteiger partial charge is 0.395 e. The molecule has 1 aliphatic heterocycles. The quantitative estimate of drug-likeness (QED) is 0.847. The molecule has 1 saturated heterocycles. The Balaban J connectivity index is 2.08. The van der Waals surface area contributed by atoms with E-state index in [2.05, 4.69) is 24.0 Å². The van der Waals surface area contributed by atoms with E-state index in [4.69, 9.17) is 0 Å². The number of β-amino-alcohol motifs (C(OH)–C–C–N with tert-alkyl or cyclic N) is 1. The maximum absolute atomic E-state index is 9.75. The summed E-state index contributed by atoms with van der Waals surface area (Å²) < 4.78 is 0. The van der Waals surface area contributed by atoms with Gasteiger partial charge in [0.2, 0.25) is 0 Å². The van der Waals surface area contributed by atoms with E-state index in [0.29, 0.717) is 0 Å². The molecule has 0 aromatic heterocycles. The fourth-order valence-corrected chi connectivity index (χ4v) is 2.74. The minimum atomic E-state index is -0.252. The number of likely N-dealkylation sites (tertiary alicyclic amines) is 1. The number of nitrogens with zero attached hydrogens (tertiary/aromatic N) is 1. The van der Waals surface area contributed by atoms with Crippen molar-refractivity contribution >= 4 is 0 Å². The summed E-state index contributed by atoms with van der Waals surface area (Å²) in [6.45, 7) is 4.75. The maximum Gasteiger partial charge on any atom is 0.0667 e. The smallest absolute Gasteiger partial charge is 0.0667 e. The molecule has 3 heteroatoms. The molecule has 0 radical (unpaired) electrons. The van der Waals surface area contributed by atoms with Gasteiger partial charge < -0.3 is 10.2 Å². The van der Waals surface area contributed by atoms with E-state index < -0.39 is 0 Å². The van der Waals surface area contributed by atoms with Crippen LogP contribution in [0.3, 0.4) is 0 Å². The van der Waals surface area contributed by atoms with E-state index in [1.54, 1.807) is 0 Å². The molecule has 1 aliphatic rings. The topological polar surface area (TPSA) is 43.7 Å². The standard InChI is InChI=1S/C15H23NO2/c1-15(12-17,13-6-3-2-4-7-13)11-16-9-5-8-14(18)10-16/h2-4,6-7,14,17-18H,5,8-12H2,1H3. The number of hydrogen-bond donors (Lipinski definition) is 2. The molecule has 1 aromatic carbocycles. The Morgan fingerprint density at radius 2 is 2.06 bits per heavy atom. The van der Waals surface area contributed by atoms with Gasteiger partial charge in [-0.2, -0.15) is 0 Å². The molecular weight excluding hydrogens is 226 g/mol. The van der Waals surface area contributed by atoms with Gasteiger partial charge in [0.05, 0.1) is 12.7 Å². The minimum absolute atomic E-state index is 0.129. The van der Waals surface area contributed by atoms with Crippen LogP contribution in [0.4, 0.5) is 0 Å². The summed E-state index contributed by atoms with van der Waals surface area (Å²) in [5.41, 5.74) is 0.908.